The molecule has 2 N–H and O–H groups in total. The van der Waals surface area contributed by atoms with Crippen LogP contribution in [0.25, 0.3) is 0 Å². The summed E-state index contributed by atoms with van der Waals surface area (Å²) in [5.74, 6) is -1.23. The summed E-state index contributed by atoms with van der Waals surface area (Å²) in [4.78, 5) is 23.3. The fourth-order valence-electron chi connectivity index (χ4n) is 1.78. The predicted molar refractivity (Wildman–Crippen MR) is 76.5 cm³/mol. The molecule has 0 fully saturated rings. The number of ether oxygens (including phenoxy) is 1. The van der Waals surface area contributed by atoms with Crippen molar-refractivity contribution in [2.45, 2.75) is 13.5 Å². The monoisotopic (exact) mass is 290 g/mol. The first-order chi connectivity index (χ1) is 9.99. The van der Waals surface area contributed by atoms with Crippen molar-refractivity contribution < 1.29 is 13.9 Å². The summed E-state index contributed by atoms with van der Waals surface area (Å²) < 4.78 is 19.9. The number of carbonyl (C=O) groups excluding carboxylic acids is 1. The quantitative estimate of drug-likeness (QED) is 0.687. The molecule has 21 heavy (non-hydrogen) atoms. The number of carbonyl (C=O) groups is 1. The molecule has 6 heteroatoms. The number of nitrogen functional groups attached to an aromatic ring is 1. The Kier molecular flexibility index (Phi) is 4.37. The SMILES string of the molecule is Cc1c(N)cc(C(=O)OCCn2ccccc2=O)cc1F. The molecule has 0 aliphatic carbocycles. The highest BCUT2D eigenvalue weighted by Gasteiger charge is 2.12. The second-order valence-electron chi connectivity index (χ2n) is 4.54. The van der Waals surface area contributed by atoms with Gasteiger partial charge in [-0.15, -0.1) is 0 Å². The third-order valence-corrected chi connectivity index (χ3v) is 3.08. The molecule has 0 saturated carbocycles. The molecule has 0 bridgehead atoms. The average molecular weight is 290 g/mol. The topological polar surface area (TPSA) is 74.3 Å². The number of hydrogen-bond acceptors (Lipinski definition) is 4. The zero-order valence-corrected chi connectivity index (χ0v) is 11.5. The second kappa shape index (κ2) is 6.21. The Balaban J connectivity index is 2.00. The number of benzene rings is 1. The van der Waals surface area contributed by atoms with E-state index in [9.17, 15) is 14.0 Å². The number of rotatable bonds is 4. The Morgan fingerprint density at radius 3 is 2.81 bits per heavy atom. The predicted octanol–water partition coefficient (Wildman–Crippen LogP) is 1.74. The van der Waals surface area contributed by atoms with Crippen molar-refractivity contribution in [3.05, 3.63) is 63.8 Å². The molecule has 1 aromatic heterocycles. The first-order valence-corrected chi connectivity index (χ1v) is 6.37. The molecule has 0 unspecified atom stereocenters. The number of hydrogen-bond donors (Lipinski definition) is 1. The zero-order chi connectivity index (χ0) is 15.4. The molecule has 0 aliphatic rings. The van der Waals surface area contributed by atoms with Gasteiger partial charge in [0.15, 0.2) is 0 Å². The third kappa shape index (κ3) is 3.47. The third-order valence-electron chi connectivity index (χ3n) is 3.08. The van der Waals surface area contributed by atoms with Crippen LogP contribution in [-0.2, 0) is 11.3 Å². The highest BCUT2D eigenvalue weighted by Crippen LogP contribution is 2.18. The van der Waals surface area contributed by atoms with Crippen molar-refractivity contribution in [3.8, 4) is 0 Å². The van der Waals surface area contributed by atoms with Gasteiger partial charge in [-0.1, -0.05) is 6.07 Å². The maximum absolute atomic E-state index is 13.5. The van der Waals surface area contributed by atoms with Crippen molar-refractivity contribution >= 4 is 11.7 Å². The van der Waals surface area contributed by atoms with Crippen molar-refractivity contribution in [1.82, 2.24) is 4.57 Å². The first kappa shape index (κ1) is 14.8. The van der Waals surface area contributed by atoms with Crippen LogP contribution in [-0.4, -0.2) is 17.1 Å². The minimum atomic E-state index is -0.676. The van der Waals surface area contributed by atoms with E-state index >= 15 is 0 Å². The van der Waals surface area contributed by atoms with E-state index in [1.54, 1.807) is 18.3 Å². The van der Waals surface area contributed by atoms with E-state index in [1.807, 2.05) is 0 Å². The summed E-state index contributed by atoms with van der Waals surface area (Å²) in [5.41, 5.74) is 5.97. The Labute approximate surface area is 120 Å². The molecule has 0 atom stereocenters. The van der Waals surface area contributed by atoms with E-state index in [-0.39, 0.29) is 30.0 Å². The van der Waals surface area contributed by atoms with Crippen LogP contribution in [0.3, 0.4) is 0 Å². The van der Waals surface area contributed by atoms with Crippen molar-refractivity contribution in [2.24, 2.45) is 0 Å². The van der Waals surface area contributed by atoms with Gasteiger partial charge in [-0.25, -0.2) is 9.18 Å². The maximum Gasteiger partial charge on any atom is 0.338 e. The van der Waals surface area contributed by atoms with Gasteiger partial charge in [0, 0.05) is 23.5 Å². The van der Waals surface area contributed by atoms with Crippen LogP contribution in [0.2, 0.25) is 0 Å². The molecule has 0 amide bonds. The van der Waals surface area contributed by atoms with Crippen LogP contribution in [0.5, 0.6) is 0 Å². The number of anilines is 1. The standard InChI is InChI=1S/C15H15FN2O3/c1-10-12(16)8-11(9-13(10)17)15(20)21-7-6-18-5-3-2-4-14(18)19/h2-5,8-9H,6-7,17H2,1H3. The van der Waals surface area contributed by atoms with Crippen molar-refractivity contribution in [1.29, 1.82) is 0 Å². The Morgan fingerprint density at radius 2 is 2.14 bits per heavy atom. The van der Waals surface area contributed by atoms with Gasteiger partial charge < -0.3 is 15.0 Å². The summed E-state index contributed by atoms with van der Waals surface area (Å²) in [7, 11) is 0. The van der Waals surface area contributed by atoms with Gasteiger partial charge in [-0.05, 0) is 25.1 Å². The van der Waals surface area contributed by atoms with E-state index in [1.165, 1.54) is 23.6 Å². The summed E-state index contributed by atoms with van der Waals surface area (Å²) in [6.45, 7) is 1.77. The molecular weight excluding hydrogens is 275 g/mol. The highest BCUT2D eigenvalue weighted by atomic mass is 19.1. The molecule has 2 aromatic rings. The molecule has 1 heterocycles. The molecule has 1 aromatic carbocycles. The summed E-state index contributed by atoms with van der Waals surface area (Å²) >= 11 is 0. The molecule has 0 radical (unpaired) electrons. The average Bonchev–Trinajstić information content (AvgIpc) is 2.46. The van der Waals surface area contributed by atoms with E-state index in [4.69, 9.17) is 10.5 Å². The number of esters is 1. The largest absolute Gasteiger partial charge is 0.460 e. The summed E-state index contributed by atoms with van der Waals surface area (Å²) in [6, 6.07) is 7.21. The lowest BCUT2D eigenvalue weighted by molar-refractivity contribution is 0.0490. The van der Waals surface area contributed by atoms with Crippen LogP contribution < -0.4 is 11.3 Å². The molecule has 5 nitrogen and oxygen atoms in total. The van der Waals surface area contributed by atoms with Gasteiger partial charge in [0.2, 0.25) is 0 Å². The van der Waals surface area contributed by atoms with E-state index in [2.05, 4.69) is 0 Å². The number of halogens is 1. The van der Waals surface area contributed by atoms with E-state index in [0.29, 0.717) is 5.56 Å². The lowest BCUT2D eigenvalue weighted by Crippen LogP contribution is -2.21. The Hall–Kier alpha value is -2.63. The van der Waals surface area contributed by atoms with Crippen LogP contribution in [0.15, 0.2) is 41.3 Å². The smallest absolute Gasteiger partial charge is 0.338 e. The number of nitrogens with two attached hydrogens (primary N) is 1. The number of aromatic nitrogens is 1. The summed E-state index contributed by atoms with van der Waals surface area (Å²) in [5, 5.41) is 0. The van der Waals surface area contributed by atoms with Gasteiger partial charge in [0.05, 0.1) is 12.1 Å². The van der Waals surface area contributed by atoms with E-state index < -0.39 is 11.8 Å². The molecule has 0 saturated heterocycles. The van der Waals surface area contributed by atoms with Gasteiger partial charge in [-0.2, -0.15) is 0 Å². The highest BCUT2D eigenvalue weighted by molar-refractivity contribution is 5.90. The van der Waals surface area contributed by atoms with Gasteiger partial charge in [0.25, 0.3) is 5.56 Å². The minimum Gasteiger partial charge on any atom is -0.460 e. The molecule has 110 valence electrons. The fourth-order valence-corrected chi connectivity index (χ4v) is 1.78. The lowest BCUT2D eigenvalue weighted by atomic mass is 10.1. The molecular formula is C15H15FN2O3. The molecule has 0 aliphatic heterocycles. The van der Waals surface area contributed by atoms with Crippen LogP contribution >= 0.6 is 0 Å². The van der Waals surface area contributed by atoms with Gasteiger partial charge in [-0.3, -0.25) is 4.79 Å². The normalized spacial score (nSPS) is 10.4. The Morgan fingerprint density at radius 1 is 1.38 bits per heavy atom. The van der Waals surface area contributed by atoms with Gasteiger partial charge >= 0.3 is 5.97 Å². The number of nitrogens with zero attached hydrogens (tertiary/aromatic N) is 1. The second-order valence-corrected chi connectivity index (χ2v) is 4.54. The van der Waals surface area contributed by atoms with Crippen molar-refractivity contribution in [3.63, 3.8) is 0 Å². The fraction of sp³-hybridized carbons (Fsp3) is 0.200. The zero-order valence-electron chi connectivity index (χ0n) is 11.5. The van der Waals surface area contributed by atoms with Crippen LogP contribution in [0.1, 0.15) is 15.9 Å². The number of pyridine rings is 1. The van der Waals surface area contributed by atoms with Gasteiger partial charge in [0.1, 0.15) is 12.4 Å². The first-order valence-electron chi connectivity index (χ1n) is 6.37. The van der Waals surface area contributed by atoms with Crippen LogP contribution in [0.4, 0.5) is 10.1 Å². The maximum atomic E-state index is 13.5. The lowest BCUT2D eigenvalue weighted by Gasteiger charge is -2.08. The minimum absolute atomic E-state index is 0.0121. The molecule has 2 rings (SSSR count). The van der Waals surface area contributed by atoms with E-state index in [0.717, 1.165) is 6.07 Å². The Bertz CT molecular complexity index is 702. The summed E-state index contributed by atoms with van der Waals surface area (Å²) in [6.07, 6.45) is 1.60. The molecule has 0 spiro atoms. The van der Waals surface area contributed by atoms with Crippen molar-refractivity contribution in [2.75, 3.05) is 12.3 Å². The van der Waals surface area contributed by atoms with Crippen LogP contribution in [0, 0.1) is 12.7 Å².